The molecule has 0 aliphatic carbocycles. The van der Waals surface area contributed by atoms with Crippen molar-refractivity contribution >= 4 is 19.7 Å². The number of rotatable bonds is 11. The van der Waals surface area contributed by atoms with Gasteiger partial charge in [-0.05, 0) is 18.1 Å². The van der Waals surface area contributed by atoms with Crippen molar-refractivity contribution in [1.82, 2.24) is 5.32 Å². The van der Waals surface area contributed by atoms with Gasteiger partial charge in [0.05, 0.1) is 23.2 Å². The van der Waals surface area contributed by atoms with E-state index in [1.165, 1.54) is 5.56 Å². The van der Waals surface area contributed by atoms with Crippen molar-refractivity contribution in [3.05, 3.63) is 119 Å². The second-order valence-corrected chi connectivity index (χ2v) is 9.25. The van der Waals surface area contributed by atoms with Gasteiger partial charge in [-0.1, -0.05) is 102 Å². The fourth-order valence-corrected chi connectivity index (χ4v) is 4.06. The molecule has 0 spiro atoms. The van der Waals surface area contributed by atoms with Gasteiger partial charge in [0.1, 0.15) is 0 Å². The molecule has 3 aromatic rings. The molecule has 0 heterocycles. The minimum absolute atomic E-state index is 0. The maximum absolute atomic E-state index is 12.1. The van der Waals surface area contributed by atoms with E-state index < -0.39 is 16.1 Å². The number of aryl methyl sites for hydroxylation is 1. The van der Waals surface area contributed by atoms with Crippen LogP contribution >= 0.6 is 9.69 Å². The number of nitrogens with zero attached hydrogens (tertiary/aromatic N) is 1. The zero-order valence-electron chi connectivity index (χ0n) is 19.7. The topological polar surface area (TPSA) is 69.5 Å². The maximum atomic E-state index is 12.1. The van der Waals surface area contributed by atoms with Gasteiger partial charge >= 0.3 is 27.0 Å². The quantitative estimate of drug-likeness (QED) is 0.168. The van der Waals surface area contributed by atoms with Crippen LogP contribution < -0.4 is 5.32 Å². The molecule has 184 valence electrons. The van der Waals surface area contributed by atoms with Crippen molar-refractivity contribution in [2.45, 2.75) is 25.6 Å². The van der Waals surface area contributed by atoms with E-state index in [-0.39, 0.29) is 13.5 Å². The summed E-state index contributed by atoms with van der Waals surface area (Å²) in [7, 11) is 1.02. The molecule has 5 nitrogen and oxygen atoms in total. The van der Waals surface area contributed by atoms with Gasteiger partial charge in [0.2, 0.25) is 0 Å². The van der Waals surface area contributed by atoms with Crippen molar-refractivity contribution in [1.29, 1.82) is 0 Å². The van der Waals surface area contributed by atoms with Crippen LogP contribution in [-0.2, 0) is 38.7 Å². The molecule has 34 heavy (non-hydrogen) atoms. The van der Waals surface area contributed by atoms with Crippen molar-refractivity contribution in [2.24, 2.45) is 0 Å². The summed E-state index contributed by atoms with van der Waals surface area (Å²) in [5.41, 5.74) is 4.16. The number of sulfonamides is 1. The van der Waals surface area contributed by atoms with Gasteiger partial charge < -0.3 is 22.2 Å². The molecule has 0 unspecified atom stereocenters. The predicted octanol–water partition coefficient (Wildman–Crippen LogP) is 6.05. The molecule has 8 heteroatoms. The van der Waals surface area contributed by atoms with Crippen LogP contribution in [0.5, 0.6) is 0 Å². The van der Waals surface area contributed by atoms with Crippen LogP contribution in [-0.4, -0.2) is 27.8 Å². The van der Waals surface area contributed by atoms with Crippen molar-refractivity contribution in [3.8, 4) is 0 Å². The van der Waals surface area contributed by atoms with Crippen molar-refractivity contribution < 1.29 is 30.5 Å². The monoisotopic (exact) mass is 589 g/mol. The third kappa shape index (κ3) is 10.8. The predicted molar refractivity (Wildman–Crippen MR) is 138 cm³/mol. The Balaban J connectivity index is 0.00000188. The van der Waals surface area contributed by atoms with Crippen LogP contribution in [0, 0.1) is 14.4 Å². The molecule has 0 radical (unpaired) electrons. The molecule has 3 aromatic carbocycles. The van der Waals surface area contributed by atoms with Gasteiger partial charge in [0, 0.05) is 18.8 Å². The molecule has 0 fully saturated rings. The number of ether oxygens (including phenoxy) is 1. The van der Waals surface area contributed by atoms with Gasteiger partial charge in [-0.25, -0.2) is 8.42 Å². The summed E-state index contributed by atoms with van der Waals surface area (Å²) in [5.74, 6) is 0. The van der Waals surface area contributed by atoms with Crippen LogP contribution in [0.2, 0.25) is 0 Å². The van der Waals surface area contributed by atoms with Crippen LogP contribution in [0.1, 0.15) is 34.3 Å². The van der Waals surface area contributed by atoms with Gasteiger partial charge in [-0.2, -0.15) is 0 Å². The van der Waals surface area contributed by atoms with Crippen molar-refractivity contribution in [2.75, 3.05) is 19.4 Å². The van der Waals surface area contributed by atoms with E-state index in [2.05, 4.69) is 50.9 Å². The molecule has 0 saturated carbocycles. The Bertz CT molecular complexity index is 1040. The number of hydrogen-bond acceptors (Lipinski definition) is 4. The van der Waals surface area contributed by atoms with E-state index in [1.807, 2.05) is 78.0 Å². The normalized spacial score (nSPS) is 12.6. The van der Waals surface area contributed by atoms with Crippen molar-refractivity contribution in [3.63, 3.8) is 0 Å². The van der Waals surface area contributed by atoms with Gasteiger partial charge in [0.25, 0.3) is 0 Å². The Morgan fingerprint density at radius 1 is 0.912 bits per heavy atom. The number of halogens is 1. The Morgan fingerprint density at radius 2 is 1.44 bits per heavy atom. The van der Waals surface area contributed by atoms with E-state index in [4.69, 9.17) is 4.74 Å². The standard InChI is InChI=1S/C25H29N2O3S.CH3.ClH.Ru/c1-20-13-15-21(16-14-20)19-30-18-17-26-24(22-9-5-3-6-10-22)25(27-31(2,28)29)23-11-7-4-8-12-23;;;/h3-16,24-26H,17-19H2,1-2H3;1H3;1H;/q2*-1;;+4/p-1/t24-,25-;;;/m0.../s1. The van der Waals surface area contributed by atoms with Crippen LogP contribution in [0.4, 0.5) is 0 Å². The van der Waals surface area contributed by atoms with E-state index in [0.29, 0.717) is 19.8 Å². The average molecular weight is 589 g/mol. The third-order valence-electron chi connectivity index (χ3n) is 4.92. The number of hydrogen-bond donors (Lipinski definition) is 1. The molecule has 2 atom stereocenters. The van der Waals surface area contributed by atoms with Crippen LogP contribution in [0.25, 0.3) is 4.72 Å². The zero-order chi connectivity index (χ0) is 24.1. The third-order valence-corrected chi connectivity index (χ3v) is 5.53. The summed E-state index contributed by atoms with van der Waals surface area (Å²) in [5, 5.41) is 3.47. The van der Waals surface area contributed by atoms with E-state index in [1.54, 1.807) is 0 Å². The van der Waals surface area contributed by atoms with Crippen LogP contribution in [0.15, 0.2) is 84.9 Å². The van der Waals surface area contributed by atoms with E-state index in [9.17, 15) is 8.42 Å². The first-order valence-corrected chi connectivity index (χ1v) is 14.5. The SMILES string of the molecule is Cc1ccc(COCCN[C@@H](c2ccccc2)[C@@H]([N-]S(C)(=O)=O)c2ccccc2)cc1.[CH3-].[Cl][Ru+3]. The average Bonchev–Trinajstić information content (AvgIpc) is 2.83. The number of benzene rings is 3. The summed E-state index contributed by atoms with van der Waals surface area (Å²) < 4.78 is 34.2. The van der Waals surface area contributed by atoms with Gasteiger partial charge in [0.15, 0.2) is 0 Å². The first-order chi connectivity index (χ1) is 15.9. The molecule has 3 rings (SSSR count). The molecular formula is C26H32ClN2O3RuS+. The van der Waals surface area contributed by atoms with Gasteiger partial charge in [-0.15, -0.1) is 0 Å². The number of nitrogens with one attached hydrogen (secondary N) is 1. The fraction of sp³-hybridized carbons (Fsp3) is 0.269. The van der Waals surface area contributed by atoms with Crippen LogP contribution in [0.3, 0.4) is 0 Å². The summed E-state index contributed by atoms with van der Waals surface area (Å²) >= 11 is 1.82. The van der Waals surface area contributed by atoms with Gasteiger partial charge in [-0.3, -0.25) is 0 Å². The molecule has 0 aliphatic heterocycles. The fourth-order valence-electron chi connectivity index (χ4n) is 3.40. The second-order valence-electron chi connectivity index (χ2n) is 7.57. The summed E-state index contributed by atoms with van der Waals surface area (Å²) in [6.07, 6.45) is 1.13. The molecule has 0 amide bonds. The Labute approximate surface area is 219 Å². The molecule has 0 aliphatic rings. The van der Waals surface area contributed by atoms with E-state index in [0.717, 1.165) is 22.9 Å². The summed E-state index contributed by atoms with van der Waals surface area (Å²) in [4.78, 5) is 0. The minimum atomic E-state index is -3.55. The summed E-state index contributed by atoms with van der Waals surface area (Å²) in [6, 6.07) is 26.7. The Hall–Kier alpha value is -1.60. The Kier molecular flexibility index (Phi) is 14.5. The molecule has 0 aromatic heterocycles. The van der Waals surface area contributed by atoms with E-state index >= 15 is 0 Å². The first-order valence-electron chi connectivity index (χ1n) is 10.4. The molecular weight excluding hydrogens is 557 g/mol. The first kappa shape index (κ1) is 30.4. The second kappa shape index (κ2) is 16.1. The molecule has 0 saturated heterocycles. The summed E-state index contributed by atoms with van der Waals surface area (Å²) in [6.45, 7) is 3.66. The molecule has 1 N–H and O–H groups in total. The molecule has 0 bridgehead atoms. The zero-order valence-corrected chi connectivity index (χ0v) is 23.0. The Morgan fingerprint density at radius 3 is 1.97 bits per heavy atom.